The van der Waals surface area contributed by atoms with Gasteiger partial charge in [-0.1, -0.05) is 50.2 Å². The molecule has 0 bridgehead atoms. The normalized spacial score (nSPS) is 13.3. The molecule has 2 heterocycles. The van der Waals surface area contributed by atoms with Crippen LogP contribution in [-0.2, 0) is 4.79 Å². The molecule has 1 fully saturated rings. The van der Waals surface area contributed by atoms with Gasteiger partial charge in [0, 0.05) is 44.4 Å². The number of hydrogen-bond donors (Lipinski definition) is 1. The van der Waals surface area contributed by atoms with Crippen LogP contribution in [0.5, 0.6) is 11.5 Å². The summed E-state index contributed by atoms with van der Waals surface area (Å²) in [6.45, 7) is 7.73. The summed E-state index contributed by atoms with van der Waals surface area (Å²) in [5, 5.41) is 7.57. The summed E-state index contributed by atoms with van der Waals surface area (Å²) in [4.78, 5) is 42.1. The lowest BCUT2D eigenvalue weighted by Crippen LogP contribution is -2.50. The van der Waals surface area contributed by atoms with Crippen LogP contribution in [0.1, 0.15) is 42.6 Å². The molecule has 1 aliphatic heterocycles. The van der Waals surface area contributed by atoms with Gasteiger partial charge in [-0.3, -0.25) is 14.4 Å². The Hall–Kier alpha value is -4.92. The van der Waals surface area contributed by atoms with Gasteiger partial charge >= 0.3 is 0 Å². The number of nitrogens with zero attached hydrogens (tertiary/aromatic N) is 4. The van der Waals surface area contributed by atoms with Gasteiger partial charge in [0.15, 0.2) is 11.4 Å². The maximum atomic E-state index is 13.7. The zero-order chi connectivity index (χ0) is 28.9. The highest BCUT2D eigenvalue weighted by molar-refractivity contribution is 5.95. The van der Waals surface area contributed by atoms with E-state index in [1.807, 2.05) is 42.5 Å². The lowest BCUT2D eigenvalue weighted by molar-refractivity contribution is -0.130. The predicted molar refractivity (Wildman–Crippen MR) is 158 cm³/mol. The van der Waals surface area contributed by atoms with E-state index < -0.39 is 5.56 Å². The van der Waals surface area contributed by atoms with Gasteiger partial charge in [0.05, 0.1) is 11.9 Å². The standard InChI is InChI=1S/C32H33N5O4/c1-22(2)24-12-14-28(15-13-24)41-29-21-33-37(27-10-5-4-6-11-27)32(40)30(29)34-26-9-7-8-25(20-26)31(39)36-18-16-35(17-19-36)23(3)38/h4-15,20-22,34H,16-19H2,1-3H3. The number of anilines is 2. The number of aromatic nitrogens is 2. The highest BCUT2D eigenvalue weighted by Gasteiger charge is 2.24. The van der Waals surface area contributed by atoms with Crippen molar-refractivity contribution < 1.29 is 14.3 Å². The molecule has 1 aromatic heterocycles. The Kier molecular flexibility index (Phi) is 8.14. The Morgan fingerprint density at radius 2 is 1.56 bits per heavy atom. The third kappa shape index (κ3) is 6.30. The fourth-order valence-electron chi connectivity index (χ4n) is 4.71. The Morgan fingerprint density at radius 3 is 2.22 bits per heavy atom. The molecule has 0 spiro atoms. The van der Waals surface area contributed by atoms with E-state index in [9.17, 15) is 14.4 Å². The van der Waals surface area contributed by atoms with E-state index in [0.29, 0.717) is 54.8 Å². The molecule has 2 amide bonds. The van der Waals surface area contributed by atoms with Crippen molar-refractivity contribution in [2.45, 2.75) is 26.7 Å². The first-order chi connectivity index (χ1) is 19.8. The van der Waals surface area contributed by atoms with Crippen LogP contribution in [0.4, 0.5) is 11.4 Å². The molecule has 0 unspecified atom stereocenters. The lowest BCUT2D eigenvalue weighted by Gasteiger charge is -2.34. The van der Waals surface area contributed by atoms with Crippen molar-refractivity contribution in [2.24, 2.45) is 0 Å². The maximum Gasteiger partial charge on any atom is 0.299 e. The molecule has 1 N–H and O–H groups in total. The quantitative estimate of drug-likeness (QED) is 0.339. The topological polar surface area (TPSA) is 96.8 Å². The maximum absolute atomic E-state index is 13.7. The molecule has 0 atom stereocenters. The van der Waals surface area contributed by atoms with Gasteiger partial charge in [0.2, 0.25) is 5.91 Å². The van der Waals surface area contributed by atoms with Crippen LogP contribution in [0.15, 0.2) is 89.9 Å². The van der Waals surface area contributed by atoms with E-state index in [2.05, 4.69) is 24.3 Å². The summed E-state index contributed by atoms with van der Waals surface area (Å²) in [6.07, 6.45) is 1.51. The van der Waals surface area contributed by atoms with Crippen LogP contribution in [0.3, 0.4) is 0 Å². The summed E-state index contributed by atoms with van der Waals surface area (Å²) < 4.78 is 7.45. The first kappa shape index (κ1) is 27.6. The molecular weight excluding hydrogens is 518 g/mol. The summed E-state index contributed by atoms with van der Waals surface area (Å²) in [7, 11) is 0. The Labute approximate surface area is 239 Å². The number of rotatable bonds is 7. The van der Waals surface area contributed by atoms with Crippen molar-refractivity contribution in [1.82, 2.24) is 19.6 Å². The monoisotopic (exact) mass is 551 g/mol. The van der Waals surface area contributed by atoms with Crippen molar-refractivity contribution in [3.63, 3.8) is 0 Å². The number of hydrogen-bond acceptors (Lipinski definition) is 6. The average molecular weight is 552 g/mol. The van der Waals surface area contributed by atoms with E-state index in [0.717, 1.165) is 0 Å². The molecule has 1 saturated heterocycles. The Morgan fingerprint density at radius 1 is 0.878 bits per heavy atom. The molecule has 1 aliphatic rings. The molecule has 4 aromatic rings. The van der Waals surface area contributed by atoms with Gasteiger partial charge in [-0.15, -0.1) is 0 Å². The van der Waals surface area contributed by atoms with Crippen molar-refractivity contribution in [3.8, 4) is 17.2 Å². The third-order valence-corrected chi connectivity index (χ3v) is 7.11. The van der Waals surface area contributed by atoms with E-state index in [4.69, 9.17) is 4.74 Å². The number of nitrogens with one attached hydrogen (secondary N) is 1. The predicted octanol–water partition coefficient (Wildman–Crippen LogP) is 5.20. The highest BCUT2D eigenvalue weighted by atomic mass is 16.5. The molecule has 0 radical (unpaired) electrons. The first-order valence-corrected chi connectivity index (χ1v) is 13.7. The SMILES string of the molecule is CC(=O)N1CCN(C(=O)c2cccc(Nc3c(Oc4ccc(C(C)C)cc4)cnn(-c4ccccc4)c3=O)c2)CC1. The number of piperazine rings is 1. The average Bonchev–Trinajstić information content (AvgIpc) is 2.99. The van der Waals surface area contributed by atoms with E-state index >= 15 is 0 Å². The van der Waals surface area contributed by atoms with Crippen LogP contribution in [0.2, 0.25) is 0 Å². The summed E-state index contributed by atoms with van der Waals surface area (Å²) in [5.41, 5.74) is 2.62. The zero-order valence-electron chi connectivity index (χ0n) is 23.4. The van der Waals surface area contributed by atoms with Gasteiger partial charge in [-0.25, -0.2) is 0 Å². The van der Waals surface area contributed by atoms with Gasteiger partial charge in [-0.2, -0.15) is 9.78 Å². The summed E-state index contributed by atoms with van der Waals surface area (Å²) in [5.74, 6) is 1.10. The van der Waals surface area contributed by atoms with Crippen molar-refractivity contribution in [2.75, 3.05) is 31.5 Å². The second-order valence-corrected chi connectivity index (χ2v) is 10.3. The molecule has 9 nitrogen and oxygen atoms in total. The second kappa shape index (κ2) is 12.1. The number of carbonyl (C=O) groups excluding carboxylic acids is 2. The molecule has 0 aliphatic carbocycles. The van der Waals surface area contributed by atoms with Gasteiger partial charge < -0.3 is 19.9 Å². The number of amides is 2. The molecule has 0 saturated carbocycles. The van der Waals surface area contributed by atoms with Crippen LogP contribution in [-0.4, -0.2) is 57.6 Å². The minimum atomic E-state index is -0.399. The number of carbonyl (C=O) groups is 2. The largest absolute Gasteiger partial charge is 0.453 e. The molecule has 210 valence electrons. The zero-order valence-corrected chi connectivity index (χ0v) is 23.4. The Bertz CT molecular complexity index is 1590. The molecule has 5 rings (SSSR count). The number of para-hydroxylation sites is 1. The highest BCUT2D eigenvalue weighted by Crippen LogP contribution is 2.30. The summed E-state index contributed by atoms with van der Waals surface area (Å²) >= 11 is 0. The molecule has 41 heavy (non-hydrogen) atoms. The van der Waals surface area contributed by atoms with Crippen LogP contribution >= 0.6 is 0 Å². The third-order valence-electron chi connectivity index (χ3n) is 7.11. The van der Waals surface area contributed by atoms with E-state index in [-0.39, 0.29) is 23.3 Å². The minimum absolute atomic E-state index is 0.00990. The molecule has 3 aromatic carbocycles. The van der Waals surface area contributed by atoms with Gasteiger partial charge in [0.25, 0.3) is 11.5 Å². The summed E-state index contributed by atoms with van der Waals surface area (Å²) in [6, 6.07) is 23.9. The number of benzene rings is 3. The van der Waals surface area contributed by atoms with Gasteiger partial charge in [-0.05, 0) is 53.9 Å². The number of ether oxygens (including phenoxy) is 1. The van der Waals surface area contributed by atoms with Crippen molar-refractivity contribution >= 4 is 23.2 Å². The Balaban J connectivity index is 1.45. The smallest absolute Gasteiger partial charge is 0.299 e. The van der Waals surface area contributed by atoms with Crippen LogP contribution in [0, 0.1) is 0 Å². The van der Waals surface area contributed by atoms with Crippen molar-refractivity contribution in [1.29, 1.82) is 0 Å². The molecular formula is C32H33N5O4. The minimum Gasteiger partial charge on any atom is -0.453 e. The fraction of sp³-hybridized carbons (Fsp3) is 0.250. The van der Waals surface area contributed by atoms with Crippen molar-refractivity contribution in [3.05, 3.63) is 107 Å². The molecule has 9 heteroatoms. The van der Waals surface area contributed by atoms with Gasteiger partial charge in [0.1, 0.15) is 5.75 Å². The first-order valence-electron chi connectivity index (χ1n) is 13.7. The van der Waals surface area contributed by atoms with Crippen LogP contribution in [0.25, 0.3) is 5.69 Å². The lowest BCUT2D eigenvalue weighted by atomic mass is 10.0. The second-order valence-electron chi connectivity index (χ2n) is 10.3. The van der Waals surface area contributed by atoms with Crippen LogP contribution < -0.4 is 15.6 Å². The fourth-order valence-corrected chi connectivity index (χ4v) is 4.71. The van der Waals surface area contributed by atoms with E-state index in [1.54, 1.807) is 46.2 Å². The van der Waals surface area contributed by atoms with E-state index in [1.165, 1.54) is 23.4 Å².